The highest BCUT2D eigenvalue weighted by Gasteiger charge is 2.31. The molecule has 116 valence electrons. The molecule has 0 aromatic heterocycles. The van der Waals surface area contributed by atoms with Crippen LogP contribution in [-0.2, 0) is 0 Å². The summed E-state index contributed by atoms with van der Waals surface area (Å²) < 4.78 is 0. The van der Waals surface area contributed by atoms with Gasteiger partial charge >= 0.3 is 0 Å². The lowest BCUT2D eigenvalue weighted by atomic mass is 9.90. The average Bonchev–Trinajstić information content (AvgIpc) is 3.09. The first kappa shape index (κ1) is 14.7. The van der Waals surface area contributed by atoms with Gasteiger partial charge in [-0.2, -0.15) is 0 Å². The van der Waals surface area contributed by atoms with Crippen molar-refractivity contribution in [2.45, 2.75) is 45.1 Å². The van der Waals surface area contributed by atoms with Crippen LogP contribution in [0.15, 0.2) is 24.3 Å². The Labute approximate surface area is 129 Å². The number of hydrogen-bond donors (Lipinski definition) is 1. The molecule has 0 amide bonds. The largest absolute Gasteiger partial charge is 0.372 e. The number of anilines is 2. The molecule has 1 aromatic carbocycles. The maximum Gasteiger partial charge on any atom is 0.0368 e. The molecule has 21 heavy (non-hydrogen) atoms. The van der Waals surface area contributed by atoms with Gasteiger partial charge in [0.25, 0.3) is 0 Å². The number of hydrogen-bond acceptors (Lipinski definition) is 3. The topological polar surface area (TPSA) is 18.5 Å². The minimum Gasteiger partial charge on any atom is -0.372 e. The summed E-state index contributed by atoms with van der Waals surface area (Å²) >= 11 is 0. The monoisotopic (exact) mass is 287 g/mol. The predicted molar refractivity (Wildman–Crippen MR) is 91.4 cm³/mol. The van der Waals surface area contributed by atoms with Gasteiger partial charge in [0.1, 0.15) is 0 Å². The molecule has 2 heterocycles. The third kappa shape index (κ3) is 3.03. The molecular weight excluding hydrogens is 258 g/mol. The molecule has 0 radical (unpaired) electrons. The zero-order valence-electron chi connectivity index (χ0n) is 13.6. The van der Waals surface area contributed by atoms with E-state index in [0.29, 0.717) is 5.54 Å². The van der Waals surface area contributed by atoms with Crippen molar-refractivity contribution >= 4 is 11.4 Å². The summed E-state index contributed by atoms with van der Waals surface area (Å²) in [6.45, 7) is 10.4. The van der Waals surface area contributed by atoms with E-state index in [2.05, 4.69) is 53.2 Å². The minimum absolute atomic E-state index is 0.297. The van der Waals surface area contributed by atoms with Crippen LogP contribution in [0.2, 0.25) is 0 Å². The van der Waals surface area contributed by atoms with Crippen molar-refractivity contribution in [3.63, 3.8) is 0 Å². The zero-order chi connectivity index (χ0) is 14.7. The quantitative estimate of drug-likeness (QED) is 0.917. The number of nitrogens with one attached hydrogen (secondary N) is 1. The fourth-order valence-corrected chi connectivity index (χ4v) is 3.75. The van der Waals surface area contributed by atoms with Crippen LogP contribution in [0.25, 0.3) is 0 Å². The van der Waals surface area contributed by atoms with E-state index in [4.69, 9.17) is 0 Å². The Kier molecular flexibility index (Phi) is 4.39. The molecule has 0 unspecified atom stereocenters. The molecule has 2 saturated heterocycles. The van der Waals surface area contributed by atoms with Gasteiger partial charge in [0.15, 0.2) is 0 Å². The highest BCUT2D eigenvalue weighted by atomic mass is 15.2. The fourth-order valence-electron chi connectivity index (χ4n) is 3.75. The van der Waals surface area contributed by atoms with Crippen molar-refractivity contribution in [1.82, 2.24) is 5.32 Å². The molecule has 1 N–H and O–H groups in total. The van der Waals surface area contributed by atoms with E-state index in [0.717, 1.165) is 19.6 Å². The standard InChI is InChI=1S/C18H29N3/c1-3-18(4-2)15-21(14-11-19-18)17-9-7-16(8-10-17)20-12-5-6-13-20/h7-10,19H,3-6,11-15H2,1-2H3. The summed E-state index contributed by atoms with van der Waals surface area (Å²) in [4.78, 5) is 5.06. The number of nitrogens with zero attached hydrogens (tertiary/aromatic N) is 2. The first-order valence-electron chi connectivity index (χ1n) is 8.61. The maximum absolute atomic E-state index is 3.74. The second-order valence-corrected chi connectivity index (χ2v) is 6.55. The Hall–Kier alpha value is -1.22. The van der Waals surface area contributed by atoms with Crippen LogP contribution in [0, 0.1) is 0 Å². The van der Waals surface area contributed by atoms with Crippen LogP contribution >= 0.6 is 0 Å². The number of benzene rings is 1. The Bertz CT molecular complexity index is 444. The van der Waals surface area contributed by atoms with Gasteiger partial charge in [-0.3, -0.25) is 0 Å². The molecule has 3 rings (SSSR count). The van der Waals surface area contributed by atoms with Crippen molar-refractivity contribution in [2.24, 2.45) is 0 Å². The molecule has 0 saturated carbocycles. The van der Waals surface area contributed by atoms with Gasteiger partial charge in [0.05, 0.1) is 0 Å². The minimum atomic E-state index is 0.297. The molecule has 2 fully saturated rings. The summed E-state index contributed by atoms with van der Waals surface area (Å²) in [5.41, 5.74) is 3.07. The van der Waals surface area contributed by atoms with E-state index in [1.165, 1.54) is 50.1 Å². The third-order valence-corrected chi connectivity index (χ3v) is 5.41. The molecule has 2 aliphatic rings. The summed E-state index contributed by atoms with van der Waals surface area (Å²) in [6.07, 6.45) is 5.09. The van der Waals surface area contributed by atoms with E-state index >= 15 is 0 Å². The second kappa shape index (κ2) is 6.27. The van der Waals surface area contributed by atoms with Gasteiger partial charge in [0, 0.05) is 49.6 Å². The normalized spacial score (nSPS) is 21.8. The number of rotatable bonds is 4. The van der Waals surface area contributed by atoms with Gasteiger partial charge < -0.3 is 15.1 Å². The van der Waals surface area contributed by atoms with Gasteiger partial charge in [0.2, 0.25) is 0 Å². The van der Waals surface area contributed by atoms with Crippen LogP contribution in [0.3, 0.4) is 0 Å². The molecule has 0 aliphatic carbocycles. The van der Waals surface area contributed by atoms with Crippen LogP contribution in [0.4, 0.5) is 11.4 Å². The third-order valence-electron chi connectivity index (χ3n) is 5.41. The van der Waals surface area contributed by atoms with Crippen LogP contribution in [0.5, 0.6) is 0 Å². The maximum atomic E-state index is 3.74. The lowest BCUT2D eigenvalue weighted by Crippen LogP contribution is -2.60. The van der Waals surface area contributed by atoms with Gasteiger partial charge in [-0.1, -0.05) is 13.8 Å². The first-order valence-corrected chi connectivity index (χ1v) is 8.61. The van der Waals surface area contributed by atoms with Crippen molar-refractivity contribution in [3.8, 4) is 0 Å². The lowest BCUT2D eigenvalue weighted by Gasteiger charge is -2.44. The Balaban J connectivity index is 1.71. The highest BCUT2D eigenvalue weighted by molar-refractivity contribution is 5.57. The first-order chi connectivity index (χ1) is 10.3. The molecule has 3 nitrogen and oxygen atoms in total. The summed E-state index contributed by atoms with van der Waals surface area (Å²) in [5.74, 6) is 0. The second-order valence-electron chi connectivity index (χ2n) is 6.55. The van der Waals surface area contributed by atoms with Crippen LogP contribution in [0.1, 0.15) is 39.5 Å². The van der Waals surface area contributed by atoms with E-state index in [1.54, 1.807) is 0 Å². The molecular formula is C18H29N3. The summed E-state index contributed by atoms with van der Waals surface area (Å²) in [5, 5.41) is 3.74. The molecule has 2 aliphatic heterocycles. The van der Waals surface area contributed by atoms with Crippen molar-refractivity contribution < 1.29 is 0 Å². The van der Waals surface area contributed by atoms with Crippen LogP contribution < -0.4 is 15.1 Å². The molecule has 0 bridgehead atoms. The molecule has 3 heteroatoms. The Morgan fingerprint density at radius 1 is 0.905 bits per heavy atom. The van der Waals surface area contributed by atoms with Crippen LogP contribution in [-0.4, -0.2) is 38.3 Å². The Morgan fingerprint density at radius 3 is 2.05 bits per heavy atom. The lowest BCUT2D eigenvalue weighted by molar-refractivity contribution is 0.277. The number of piperazine rings is 1. The van der Waals surface area contributed by atoms with Crippen molar-refractivity contribution in [2.75, 3.05) is 42.5 Å². The Morgan fingerprint density at radius 2 is 1.48 bits per heavy atom. The SMILES string of the molecule is CCC1(CC)CN(c2ccc(N3CCCC3)cc2)CCN1. The van der Waals surface area contributed by atoms with E-state index in [1.807, 2.05) is 0 Å². The zero-order valence-corrected chi connectivity index (χ0v) is 13.6. The highest BCUT2D eigenvalue weighted by Crippen LogP contribution is 2.27. The van der Waals surface area contributed by atoms with Crippen molar-refractivity contribution in [1.29, 1.82) is 0 Å². The van der Waals surface area contributed by atoms with E-state index in [9.17, 15) is 0 Å². The molecule has 0 spiro atoms. The molecule has 1 aromatic rings. The fraction of sp³-hybridized carbons (Fsp3) is 0.667. The van der Waals surface area contributed by atoms with E-state index in [-0.39, 0.29) is 0 Å². The summed E-state index contributed by atoms with van der Waals surface area (Å²) in [6, 6.07) is 9.24. The molecule has 0 atom stereocenters. The van der Waals surface area contributed by atoms with E-state index < -0.39 is 0 Å². The van der Waals surface area contributed by atoms with Gasteiger partial charge in [-0.15, -0.1) is 0 Å². The smallest absolute Gasteiger partial charge is 0.0368 e. The van der Waals surface area contributed by atoms with Crippen molar-refractivity contribution in [3.05, 3.63) is 24.3 Å². The summed E-state index contributed by atoms with van der Waals surface area (Å²) in [7, 11) is 0. The predicted octanol–water partition coefficient (Wildman–Crippen LogP) is 3.26. The average molecular weight is 287 g/mol. The van der Waals surface area contributed by atoms with Gasteiger partial charge in [-0.05, 0) is 49.9 Å². The van der Waals surface area contributed by atoms with Gasteiger partial charge in [-0.25, -0.2) is 0 Å².